The van der Waals surface area contributed by atoms with Gasteiger partial charge in [-0.25, -0.2) is 4.98 Å². The molecule has 0 bridgehead atoms. The number of hydrogen-bond donors (Lipinski definition) is 2. The predicted molar refractivity (Wildman–Crippen MR) is 109 cm³/mol. The van der Waals surface area contributed by atoms with Crippen molar-refractivity contribution in [1.29, 1.82) is 0 Å². The maximum absolute atomic E-state index is 12.5. The summed E-state index contributed by atoms with van der Waals surface area (Å²) < 4.78 is 0. The molecule has 3 rings (SSSR count). The van der Waals surface area contributed by atoms with E-state index in [4.69, 9.17) is 11.6 Å². The summed E-state index contributed by atoms with van der Waals surface area (Å²) in [5, 5.41) is 3.56. The first-order valence-corrected chi connectivity index (χ1v) is 9.72. The number of rotatable bonds is 5. The molecular weight excluding hydrogens is 364 g/mol. The van der Waals surface area contributed by atoms with E-state index in [1.165, 1.54) is 6.42 Å². The Morgan fingerprint density at radius 1 is 1.26 bits per heavy atom. The fourth-order valence-corrected chi connectivity index (χ4v) is 3.69. The number of H-pyrrole nitrogens is 1. The van der Waals surface area contributed by atoms with Crippen LogP contribution in [0.25, 0.3) is 0 Å². The van der Waals surface area contributed by atoms with Crippen molar-refractivity contribution < 1.29 is 4.79 Å². The quantitative estimate of drug-likeness (QED) is 0.820. The molecule has 1 saturated heterocycles. The minimum atomic E-state index is -0.176. The first-order valence-electron chi connectivity index (χ1n) is 9.35. The summed E-state index contributed by atoms with van der Waals surface area (Å²) >= 11 is 6.14. The zero-order valence-corrected chi connectivity index (χ0v) is 16.5. The largest absolute Gasteiger partial charge is 0.370 e. The van der Waals surface area contributed by atoms with E-state index in [9.17, 15) is 9.59 Å². The number of anilines is 2. The number of aryl methyl sites for hydroxylation is 2. The van der Waals surface area contributed by atoms with Gasteiger partial charge in [0.05, 0.1) is 11.4 Å². The molecule has 0 saturated carbocycles. The molecule has 2 N–H and O–H groups in total. The van der Waals surface area contributed by atoms with E-state index < -0.39 is 0 Å². The lowest BCUT2D eigenvalue weighted by Crippen LogP contribution is -2.30. The van der Waals surface area contributed by atoms with Crippen LogP contribution >= 0.6 is 11.6 Å². The second kappa shape index (κ2) is 8.57. The summed E-state index contributed by atoms with van der Waals surface area (Å²) in [5.74, 6) is 0.436. The second-order valence-corrected chi connectivity index (χ2v) is 7.41. The minimum Gasteiger partial charge on any atom is -0.370 e. The maximum atomic E-state index is 12.5. The van der Waals surface area contributed by atoms with Crippen molar-refractivity contribution in [3.63, 3.8) is 0 Å². The van der Waals surface area contributed by atoms with Crippen LogP contribution in [0.1, 0.15) is 42.8 Å². The highest BCUT2D eigenvalue weighted by molar-refractivity contribution is 6.31. The summed E-state index contributed by atoms with van der Waals surface area (Å²) in [7, 11) is 0. The Labute approximate surface area is 164 Å². The topological polar surface area (TPSA) is 78.1 Å². The van der Waals surface area contributed by atoms with Crippen LogP contribution in [0, 0.1) is 13.8 Å². The molecule has 0 atom stereocenters. The monoisotopic (exact) mass is 388 g/mol. The van der Waals surface area contributed by atoms with Crippen LogP contribution in [0.2, 0.25) is 5.02 Å². The lowest BCUT2D eigenvalue weighted by atomic mass is 10.1. The third kappa shape index (κ3) is 4.89. The summed E-state index contributed by atoms with van der Waals surface area (Å²) in [6, 6.07) is 5.60. The first kappa shape index (κ1) is 19.4. The van der Waals surface area contributed by atoms with Crippen molar-refractivity contribution in [3.05, 3.63) is 50.7 Å². The SMILES string of the molecule is Cc1nc(C)c(CCC(=O)Nc2cc(Cl)ccc2N2CCCCC2)c(=O)[nH]1. The molecule has 1 amide bonds. The highest BCUT2D eigenvalue weighted by Gasteiger charge is 2.17. The molecule has 7 heteroatoms. The van der Waals surface area contributed by atoms with E-state index in [2.05, 4.69) is 20.2 Å². The molecule has 6 nitrogen and oxygen atoms in total. The average Bonchev–Trinajstić information content (AvgIpc) is 2.61. The van der Waals surface area contributed by atoms with Crippen molar-refractivity contribution in [1.82, 2.24) is 9.97 Å². The molecule has 0 aliphatic carbocycles. The van der Waals surface area contributed by atoms with Gasteiger partial charge in [0.15, 0.2) is 0 Å². The highest BCUT2D eigenvalue weighted by atomic mass is 35.5. The normalized spacial score (nSPS) is 14.3. The number of carbonyl (C=O) groups is 1. The van der Waals surface area contributed by atoms with Crippen molar-refractivity contribution in [2.75, 3.05) is 23.3 Å². The molecule has 1 aliphatic rings. The van der Waals surface area contributed by atoms with Gasteiger partial charge in [0.2, 0.25) is 5.91 Å². The second-order valence-electron chi connectivity index (χ2n) is 6.97. The molecule has 144 valence electrons. The highest BCUT2D eigenvalue weighted by Crippen LogP contribution is 2.31. The number of piperidine rings is 1. The lowest BCUT2D eigenvalue weighted by Gasteiger charge is -2.30. The van der Waals surface area contributed by atoms with Gasteiger partial charge in [-0.3, -0.25) is 9.59 Å². The van der Waals surface area contributed by atoms with Gasteiger partial charge >= 0.3 is 0 Å². The van der Waals surface area contributed by atoms with E-state index >= 15 is 0 Å². The number of aromatic nitrogens is 2. The Morgan fingerprint density at radius 3 is 2.70 bits per heavy atom. The van der Waals surface area contributed by atoms with Gasteiger partial charge in [0.25, 0.3) is 5.56 Å². The van der Waals surface area contributed by atoms with Crippen LogP contribution in [0.4, 0.5) is 11.4 Å². The van der Waals surface area contributed by atoms with Crippen molar-refractivity contribution in [3.8, 4) is 0 Å². The third-order valence-electron chi connectivity index (χ3n) is 4.87. The zero-order valence-electron chi connectivity index (χ0n) is 15.8. The van der Waals surface area contributed by atoms with Gasteiger partial charge in [-0.15, -0.1) is 0 Å². The molecule has 1 aromatic heterocycles. The van der Waals surface area contributed by atoms with Crippen LogP contribution < -0.4 is 15.8 Å². The average molecular weight is 389 g/mol. The number of halogens is 1. The van der Waals surface area contributed by atoms with E-state index in [0.717, 1.165) is 37.3 Å². The molecule has 1 aromatic carbocycles. The summed E-state index contributed by atoms with van der Waals surface area (Å²) in [6.45, 7) is 5.50. The van der Waals surface area contributed by atoms with E-state index in [0.29, 0.717) is 28.5 Å². The molecule has 0 spiro atoms. The van der Waals surface area contributed by atoms with E-state index in [1.54, 1.807) is 19.9 Å². The molecular formula is C20H25ClN4O2. The van der Waals surface area contributed by atoms with Gasteiger partial charge in [0.1, 0.15) is 5.82 Å². The predicted octanol–water partition coefficient (Wildman–Crippen LogP) is 3.60. The Hall–Kier alpha value is -2.34. The molecule has 1 aliphatic heterocycles. The van der Waals surface area contributed by atoms with Gasteiger partial charge < -0.3 is 15.2 Å². The van der Waals surface area contributed by atoms with Crippen LogP contribution in [0.3, 0.4) is 0 Å². The molecule has 2 aromatic rings. The molecule has 0 radical (unpaired) electrons. The number of nitrogens with zero attached hydrogens (tertiary/aromatic N) is 2. The lowest BCUT2D eigenvalue weighted by molar-refractivity contribution is -0.116. The number of hydrogen-bond acceptors (Lipinski definition) is 4. The van der Waals surface area contributed by atoms with Gasteiger partial charge in [-0.05, 0) is 57.7 Å². The number of amides is 1. The Morgan fingerprint density at radius 2 is 2.00 bits per heavy atom. The van der Waals surface area contributed by atoms with E-state index in [-0.39, 0.29) is 17.9 Å². The summed E-state index contributed by atoms with van der Waals surface area (Å²) in [6.07, 6.45) is 4.10. The number of benzene rings is 1. The van der Waals surface area contributed by atoms with Crippen LogP contribution in [0.15, 0.2) is 23.0 Å². The van der Waals surface area contributed by atoms with Crippen molar-refractivity contribution in [2.24, 2.45) is 0 Å². The minimum absolute atomic E-state index is 0.144. The van der Waals surface area contributed by atoms with Gasteiger partial charge in [0, 0.05) is 35.8 Å². The zero-order chi connectivity index (χ0) is 19.4. The maximum Gasteiger partial charge on any atom is 0.254 e. The summed E-state index contributed by atoms with van der Waals surface area (Å²) in [5.41, 5.74) is 2.77. The molecule has 2 heterocycles. The Balaban J connectivity index is 1.71. The molecule has 0 unspecified atom stereocenters. The number of nitrogens with one attached hydrogen (secondary N) is 2. The standard InChI is InChI=1S/C20H25ClN4O2/c1-13-16(20(27)23-14(2)22-13)7-9-19(26)24-17-12-15(21)6-8-18(17)25-10-4-3-5-11-25/h6,8,12H,3-5,7,9-11H2,1-2H3,(H,24,26)(H,22,23,27). The van der Waals surface area contributed by atoms with Crippen molar-refractivity contribution >= 4 is 28.9 Å². The number of carbonyl (C=O) groups excluding carboxylic acids is 1. The van der Waals surface area contributed by atoms with Gasteiger partial charge in [-0.2, -0.15) is 0 Å². The van der Waals surface area contributed by atoms with Crippen LogP contribution in [-0.2, 0) is 11.2 Å². The fraction of sp³-hybridized carbons (Fsp3) is 0.450. The first-order chi connectivity index (χ1) is 12.9. The third-order valence-corrected chi connectivity index (χ3v) is 5.11. The smallest absolute Gasteiger partial charge is 0.254 e. The fourth-order valence-electron chi connectivity index (χ4n) is 3.52. The molecule has 1 fully saturated rings. The van der Waals surface area contributed by atoms with Crippen LogP contribution in [0.5, 0.6) is 0 Å². The number of aromatic amines is 1. The molecule has 27 heavy (non-hydrogen) atoms. The summed E-state index contributed by atoms with van der Waals surface area (Å²) in [4.78, 5) is 33.8. The van der Waals surface area contributed by atoms with Crippen molar-refractivity contribution in [2.45, 2.75) is 46.0 Å². The Kier molecular flexibility index (Phi) is 6.16. The van der Waals surface area contributed by atoms with Gasteiger partial charge in [-0.1, -0.05) is 11.6 Å². The Bertz CT molecular complexity index is 888. The van der Waals surface area contributed by atoms with Crippen LogP contribution in [-0.4, -0.2) is 29.0 Å². The van der Waals surface area contributed by atoms with E-state index in [1.807, 2.05) is 12.1 Å².